The van der Waals surface area contributed by atoms with Gasteiger partial charge in [0, 0.05) is 18.7 Å². The summed E-state index contributed by atoms with van der Waals surface area (Å²) in [6, 6.07) is 6.36. The number of carbonyl (C=O) groups excluding carboxylic acids is 1. The molecule has 0 unspecified atom stereocenters. The van der Waals surface area contributed by atoms with Crippen LogP contribution in [-0.2, 0) is 12.8 Å². The van der Waals surface area contributed by atoms with E-state index in [9.17, 15) is 4.79 Å². The molecule has 0 aliphatic carbocycles. The van der Waals surface area contributed by atoms with E-state index in [1.54, 1.807) is 0 Å². The molecule has 4 heteroatoms. The minimum Gasteiger partial charge on any atom is -0.339 e. The Hall–Kier alpha value is -1.39. The zero-order valence-corrected chi connectivity index (χ0v) is 13.8. The van der Waals surface area contributed by atoms with Crippen molar-refractivity contribution in [3.05, 3.63) is 34.9 Å². The van der Waals surface area contributed by atoms with E-state index in [1.807, 2.05) is 6.07 Å². The molecule has 124 valence electrons. The second-order valence-corrected chi connectivity index (χ2v) is 7.28. The number of hydrogen-bond donors (Lipinski definition) is 2. The van der Waals surface area contributed by atoms with Gasteiger partial charge in [-0.05, 0) is 87.0 Å². The third-order valence-electron chi connectivity index (χ3n) is 5.90. The van der Waals surface area contributed by atoms with Gasteiger partial charge in [-0.25, -0.2) is 0 Å². The lowest BCUT2D eigenvalue weighted by atomic mass is 9.92. The largest absolute Gasteiger partial charge is 0.339 e. The van der Waals surface area contributed by atoms with Gasteiger partial charge in [-0.1, -0.05) is 6.07 Å². The predicted octanol–water partition coefficient (Wildman–Crippen LogP) is 1.45. The number of rotatable bonds is 1. The maximum atomic E-state index is 12.9. The summed E-state index contributed by atoms with van der Waals surface area (Å²) in [6.45, 7) is 6.17. The molecule has 0 aromatic heterocycles. The molecule has 0 bridgehead atoms. The molecule has 1 aromatic carbocycles. The zero-order chi connectivity index (χ0) is 15.6. The highest BCUT2D eigenvalue weighted by Gasteiger charge is 2.31. The van der Waals surface area contributed by atoms with Crippen LogP contribution in [-0.4, -0.2) is 50.1 Å². The first-order chi connectivity index (χ1) is 11.3. The molecule has 2 N–H and O–H groups in total. The van der Waals surface area contributed by atoms with Crippen LogP contribution in [0, 0.1) is 11.8 Å². The highest BCUT2D eigenvalue weighted by molar-refractivity contribution is 5.94. The number of likely N-dealkylation sites (tertiary alicyclic amines) is 1. The third kappa shape index (κ3) is 3.15. The van der Waals surface area contributed by atoms with Crippen LogP contribution in [0.25, 0.3) is 0 Å². The summed E-state index contributed by atoms with van der Waals surface area (Å²) in [7, 11) is 0. The van der Waals surface area contributed by atoms with Crippen molar-refractivity contribution in [2.45, 2.75) is 25.7 Å². The van der Waals surface area contributed by atoms with Crippen LogP contribution in [0.3, 0.4) is 0 Å². The van der Waals surface area contributed by atoms with E-state index >= 15 is 0 Å². The zero-order valence-electron chi connectivity index (χ0n) is 13.8. The van der Waals surface area contributed by atoms with Gasteiger partial charge in [0.15, 0.2) is 0 Å². The maximum Gasteiger partial charge on any atom is 0.253 e. The fourth-order valence-corrected chi connectivity index (χ4v) is 4.41. The Morgan fingerprint density at radius 3 is 2.39 bits per heavy atom. The lowest BCUT2D eigenvalue weighted by Crippen LogP contribution is -2.32. The Balaban J connectivity index is 1.49. The number of carbonyl (C=O) groups is 1. The second-order valence-electron chi connectivity index (χ2n) is 7.28. The summed E-state index contributed by atoms with van der Waals surface area (Å²) < 4.78 is 0. The van der Waals surface area contributed by atoms with Crippen LogP contribution in [0.1, 0.15) is 34.3 Å². The van der Waals surface area contributed by atoms with Crippen molar-refractivity contribution in [2.24, 2.45) is 11.8 Å². The van der Waals surface area contributed by atoms with Crippen LogP contribution >= 0.6 is 0 Å². The molecule has 0 spiro atoms. The topological polar surface area (TPSA) is 44.4 Å². The molecular formula is C19H27N3O. The van der Waals surface area contributed by atoms with Crippen LogP contribution in [0.2, 0.25) is 0 Å². The fourth-order valence-electron chi connectivity index (χ4n) is 4.41. The Morgan fingerprint density at radius 2 is 1.65 bits per heavy atom. The Labute approximate surface area is 138 Å². The monoisotopic (exact) mass is 313 g/mol. The number of nitrogens with zero attached hydrogens (tertiary/aromatic N) is 1. The van der Waals surface area contributed by atoms with E-state index < -0.39 is 0 Å². The maximum absolute atomic E-state index is 12.9. The molecule has 4 nitrogen and oxygen atoms in total. The van der Waals surface area contributed by atoms with E-state index in [2.05, 4.69) is 27.7 Å². The minimum absolute atomic E-state index is 0.234. The van der Waals surface area contributed by atoms with E-state index in [0.717, 1.165) is 82.4 Å². The van der Waals surface area contributed by atoms with Crippen molar-refractivity contribution < 1.29 is 4.79 Å². The number of nitrogens with one attached hydrogen (secondary N) is 2. The normalized spacial score (nSPS) is 27.7. The summed E-state index contributed by atoms with van der Waals surface area (Å²) in [5, 5.41) is 6.93. The van der Waals surface area contributed by atoms with Crippen LogP contribution in [0.5, 0.6) is 0 Å². The van der Waals surface area contributed by atoms with Crippen LogP contribution < -0.4 is 10.6 Å². The molecule has 2 fully saturated rings. The molecular weight excluding hydrogens is 286 g/mol. The SMILES string of the molecule is O=C(c1ccc2c(c1)CCNCC2)N1CC[C@@H]2CNC[C@@H]2CC1. The Kier molecular flexibility index (Phi) is 4.36. The third-order valence-corrected chi connectivity index (χ3v) is 5.90. The molecule has 0 radical (unpaired) electrons. The molecule has 23 heavy (non-hydrogen) atoms. The summed E-state index contributed by atoms with van der Waals surface area (Å²) >= 11 is 0. The van der Waals surface area contributed by atoms with Crippen molar-refractivity contribution >= 4 is 5.91 Å². The predicted molar refractivity (Wildman–Crippen MR) is 91.7 cm³/mol. The van der Waals surface area contributed by atoms with Crippen LogP contribution in [0.4, 0.5) is 0 Å². The first-order valence-corrected chi connectivity index (χ1v) is 9.14. The lowest BCUT2D eigenvalue weighted by molar-refractivity contribution is 0.0758. The smallest absolute Gasteiger partial charge is 0.253 e. The van der Waals surface area contributed by atoms with Crippen molar-refractivity contribution in [3.63, 3.8) is 0 Å². The molecule has 3 heterocycles. The first kappa shape index (κ1) is 15.2. The van der Waals surface area contributed by atoms with Gasteiger partial charge in [-0.3, -0.25) is 4.79 Å². The molecule has 2 saturated heterocycles. The quantitative estimate of drug-likeness (QED) is 0.825. The van der Waals surface area contributed by atoms with Gasteiger partial charge < -0.3 is 15.5 Å². The van der Waals surface area contributed by atoms with E-state index in [1.165, 1.54) is 11.1 Å². The van der Waals surface area contributed by atoms with Gasteiger partial charge in [0.1, 0.15) is 0 Å². The van der Waals surface area contributed by atoms with Crippen molar-refractivity contribution in [3.8, 4) is 0 Å². The molecule has 4 rings (SSSR count). The van der Waals surface area contributed by atoms with Gasteiger partial charge >= 0.3 is 0 Å². The molecule has 1 amide bonds. The first-order valence-electron chi connectivity index (χ1n) is 9.14. The summed E-state index contributed by atoms with van der Waals surface area (Å²) in [5.41, 5.74) is 3.65. The van der Waals surface area contributed by atoms with E-state index in [4.69, 9.17) is 0 Å². The highest BCUT2D eigenvalue weighted by Crippen LogP contribution is 2.28. The molecule has 3 aliphatic heterocycles. The molecule has 1 aromatic rings. The Bertz CT molecular complexity index is 572. The lowest BCUT2D eigenvalue weighted by Gasteiger charge is -2.21. The molecule has 2 atom stereocenters. The van der Waals surface area contributed by atoms with Gasteiger partial charge in [0.2, 0.25) is 0 Å². The van der Waals surface area contributed by atoms with Crippen molar-refractivity contribution in [2.75, 3.05) is 39.3 Å². The number of amides is 1. The molecule has 0 saturated carbocycles. The standard InChI is InChI=1S/C19H27N3O/c23-19(22-9-5-17-12-21-13-18(17)6-10-22)16-2-1-14-3-7-20-8-4-15(14)11-16/h1-2,11,17-18,20-21H,3-10,12-13H2/t17-,18+. The number of hydrogen-bond acceptors (Lipinski definition) is 3. The molecule has 3 aliphatic rings. The fraction of sp³-hybridized carbons (Fsp3) is 0.632. The van der Waals surface area contributed by atoms with Gasteiger partial charge in [-0.2, -0.15) is 0 Å². The van der Waals surface area contributed by atoms with E-state index in [0.29, 0.717) is 0 Å². The Morgan fingerprint density at radius 1 is 0.957 bits per heavy atom. The average Bonchev–Trinajstić information content (AvgIpc) is 2.79. The van der Waals surface area contributed by atoms with Gasteiger partial charge in [0.25, 0.3) is 5.91 Å². The van der Waals surface area contributed by atoms with Crippen molar-refractivity contribution in [1.29, 1.82) is 0 Å². The minimum atomic E-state index is 0.234. The summed E-state index contributed by atoms with van der Waals surface area (Å²) in [5.74, 6) is 1.77. The summed E-state index contributed by atoms with van der Waals surface area (Å²) in [4.78, 5) is 15.0. The average molecular weight is 313 g/mol. The number of benzene rings is 1. The van der Waals surface area contributed by atoms with Gasteiger partial charge in [0.05, 0.1) is 0 Å². The van der Waals surface area contributed by atoms with Crippen molar-refractivity contribution in [1.82, 2.24) is 15.5 Å². The summed E-state index contributed by atoms with van der Waals surface area (Å²) in [6.07, 6.45) is 4.41. The second kappa shape index (κ2) is 6.62. The highest BCUT2D eigenvalue weighted by atomic mass is 16.2. The van der Waals surface area contributed by atoms with Gasteiger partial charge in [-0.15, -0.1) is 0 Å². The number of fused-ring (bicyclic) bond motifs is 2. The van der Waals surface area contributed by atoms with Crippen LogP contribution in [0.15, 0.2) is 18.2 Å². The van der Waals surface area contributed by atoms with E-state index in [-0.39, 0.29) is 5.91 Å².